The molecule has 3 nitrogen and oxygen atoms in total. The van der Waals surface area contributed by atoms with E-state index in [4.69, 9.17) is 4.74 Å². The lowest BCUT2D eigenvalue weighted by Crippen LogP contribution is -2.56. The van der Waals surface area contributed by atoms with Gasteiger partial charge >= 0.3 is 0 Å². The van der Waals surface area contributed by atoms with E-state index in [-0.39, 0.29) is 11.5 Å². The van der Waals surface area contributed by atoms with Gasteiger partial charge in [0.15, 0.2) is 5.78 Å². The summed E-state index contributed by atoms with van der Waals surface area (Å²) in [5.74, 6) is 0.920. The first-order chi connectivity index (χ1) is 7.42. The molecular formula is C13H25NO2. The molecule has 0 amide bonds. The van der Waals surface area contributed by atoms with Crippen molar-refractivity contribution in [2.75, 3.05) is 27.3 Å². The predicted octanol–water partition coefficient (Wildman–Crippen LogP) is 1.96. The smallest absolute Gasteiger partial charge is 0.156 e. The Bertz CT molecular complexity index is 242. The van der Waals surface area contributed by atoms with E-state index >= 15 is 0 Å². The standard InChI is InChI=1S/C13H25NO2/c1-10(2)11(3)12(15)13(14(4)5)6-8-16-9-7-13/h10-11H,6-9H2,1-5H3. The highest BCUT2D eigenvalue weighted by Crippen LogP contribution is 2.31. The topological polar surface area (TPSA) is 29.5 Å². The summed E-state index contributed by atoms with van der Waals surface area (Å²) in [6.45, 7) is 7.69. The summed E-state index contributed by atoms with van der Waals surface area (Å²) in [5, 5.41) is 0. The van der Waals surface area contributed by atoms with Crippen LogP contribution >= 0.6 is 0 Å². The van der Waals surface area contributed by atoms with Gasteiger partial charge in [0, 0.05) is 19.1 Å². The maximum atomic E-state index is 12.6. The van der Waals surface area contributed by atoms with E-state index in [0.717, 1.165) is 12.8 Å². The van der Waals surface area contributed by atoms with Crippen LogP contribution in [-0.2, 0) is 9.53 Å². The van der Waals surface area contributed by atoms with E-state index in [1.54, 1.807) is 0 Å². The van der Waals surface area contributed by atoms with Gasteiger partial charge in [0.1, 0.15) is 0 Å². The number of likely N-dealkylation sites (N-methyl/N-ethyl adjacent to an activating group) is 1. The molecule has 1 saturated heterocycles. The number of Topliss-reactive ketones (excluding diaryl/α,β-unsaturated/α-hetero) is 1. The molecular weight excluding hydrogens is 202 g/mol. The minimum atomic E-state index is -0.290. The summed E-state index contributed by atoms with van der Waals surface area (Å²) in [4.78, 5) is 14.7. The third kappa shape index (κ3) is 2.46. The molecule has 3 heteroatoms. The van der Waals surface area contributed by atoms with Crippen molar-refractivity contribution in [2.45, 2.75) is 39.2 Å². The zero-order valence-electron chi connectivity index (χ0n) is 11.2. The van der Waals surface area contributed by atoms with Crippen molar-refractivity contribution in [2.24, 2.45) is 11.8 Å². The minimum Gasteiger partial charge on any atom is -0.381 e. The summed E-state index contributed by atoms with van der Waals surface area (Å²) < 4.78 is 5.39. The van der Waals surface area contributed by atoms with E-state index in [1.165, 1.54) is 0 Å². The van der Waals surface area contributed by atoms with Crippen molar-refractivity contribution in [3.8, 4) is 0 Å². The number of hydrogen-bond acceptors (Lipinski definition) is 3. The van der Waals surface area contributed by atoms with Crippen LogP contribution in [0.15, 0.2) is 0 Å². The van der Waals surface area contributed by atoms with Crippen molar-refractivity contribution in [1.29, 1.82) is 0 Å². The molecule has 0 aromatic heterocycles. The lowest BCUT2D eigenvalue weighted by molar-refractivity contribution is -0.140. The maximum absolute atomic E-state index is 12.6. The van der Waals surface area contributed by atoms with E-state index in [1.807, 2.05) is 21.0 Å². The molecule has 16 heavy (non-hydrogen) atoms. The Balaban J connectivity index is 2.88. The molecule has 0 bridgehead atoms. The normalized spacial score (nSPS) is 22.4. The number of ether oxygens (including phenoxy) is 1. The van der Waals surface area contributed by atoms with Crippen LogP contribution in [0.5, 0.6) is 0 Å². The number of carbonyl (C=O) groups is 1. The molecule has 1 atom stereocenters. The Morgan fingerprint density at radius 3 is 2.06 bits per heavy atom. The molecule has 1 aliphatic heterocycles. The quantitative estimate of drug-likeness (QED) is 0.735. The molecule has 1 unspecified atom stereocenters. The second-order valence-electron chi connectivity index (χ2n) is 5.44. The number of rotatable bonds is 4. The summed E-state index contributed by atoms with van der Waals surface area (Å²) in [5.41, 5.74) is -0.290. The van der Waals surface area contributed by atoms with Gasteiger partial charge in [0.25, 0.3) is 0 Å². The van der Waals surface area contributed by atoms with Crippen LogP contribution in [0, 0.1) is 11.8 Å². The Kier molecular flexibility index (Phi) is 4.51. The first-order valence-corrected chi connectivity index (χ1v) is 6.21. The van der Waals surface area contributed by atoms with Crippen LogP contribution in [0.1, 0.15) is 33.6 Å². The van der Waals surface area contributed by atoms with Crippen LogP contribution in [0.3, 0.4) is 0 Å². The molecule has 1 rings (SSSR count). The average Bonchev–Trinajstić information content (AvgIpc) is 2.27. The van der Waals surface area contributed by atoms with E-state index in [2.05, 4.69) is 18.7 Å². The number of ketones is 1. The number of carbonyl (C=O) groups excluding carboxylic acids is 1. The number of hydrogen-bond donors (Lipinski definition) is 0. The van der Waals surface area contributed by atoms with Gasteiger partial charge in [-0.3, -0.25) is 9.69 Å². The second kappa shape index (κ2) is 5.28. The lowest BCUT2D eigenvalue weighted by Gasteiger charge is -2.43. The van der Waals surface area contributed by atoms with E-state index in [0.29, 0.717) is 24.9 Å². The van der Waals surface area contributed by atoms with E-state index < -0.39 is 0 Å². The molecule has 0 radical (unpaired) electrons. The van der Waals surface area contributed by atoms with Crippen molar-refractivity contribution in [1.82, 2.24) is 4.90 Å². The first kappa shape index (κ1) is 13.7. The predicted molar refractivity (Wildman–Crippen MR) is 65.5 cm³/mol. The second-order valence-corrected chi connectivity index (χ2v) is 5.44. The molecule has 1 aliphatic rings. The fourth-order valence-electron chi connectivity index (χ4n) is 2.35. The van der Waals surface area contributed by atoms with Gasteiger partial charge in [-0.15, -0.1) is 0 Å². The highest BCUT2D eigenvalue weighted by atomic mass is 16.5. The molecule has 0 saturated carbocycles. The van der Waals surface area contributed by atoms with Gasteiger partial charge in [-0.1, -0.05) is 20.8 Å². The van der Waals surface area contributed by atoms with Crippen molar-refractivity contribution < 1.29 is 9.53 Å². The van der Waals surface area contributed by atoms with Crippen LogP contribution in [0.4, 0.5) is 0 Å². The SMILES string of the molecule is CC(C)C(C)C(=O)C1(N(C)C)CCOCC1. The van der Waals surface area contributed by atoms with Gasteiger partial charge in [-0.05, 0) is 32.9 Å². The van der Waals surface area contributed by atoms with Gasteiger partial charge in [0.05, 0.1) is 5.54 Å². The van der Waals surface area contributed by atoms with Crippen molar-refractivity contribution in [3.63, 3.8) is 0 Å². The Morgan fingerprint density at radius 1 is 1.19 bits per heavy atom. The summed E-state index contributed by atoms with van der Waals surface area (Å²) in [6, 6.07) is 0. The molecule has 1 heterocycles. The largest absolute Gasteiger partial charge is 0.381 e. The Labute approximate surface area is 99.1 Å². The van der Waals surface area contributed by atoms with Gasteiger partial charge in [0.2, 0.25) is 0 Å². The van der Waals surface area contributed by atoms with Crippen LogP contribution in [-0.4, -0.2) is 43.5 Å². The fraction of sp³-hybridized carbons (Fsp3) is 0.923. The third-order valence-electron chi connectivity index (χ3n) is 4.05. The van der Waals surface area contributed by atoms with Gasteiger partial charge in [-0.25, -0.2) is 0 Å². The summed E-state index contributed by atoms with van der Waals surface area (Å²) in [7, 11) is 4.02. The van der Waals surface area contributed by atoms with Gasteiger partial charge < -0.3 is 4.74 Å². The highest BCUT2D eigenvalue weighted by molar-refractivity contribution is 5.90. The van der Waals surface area contributed by atoms with Crippen LogP contribution < -0.4 is 0 Å². The average molecular weight is 227 g/mol. The Hall–Kier alpha value is -0.410. The summed E-state index contributed by atoms with van der Waals surface area (Å²) in [6.07, 6.45) is 1.66. The van der Waals surface area contributed by atoms with Gasteiger partial charge in [-0.2, -0.15) is 0 Å². The summed E-state index contributed by atoms with van der Waals surface area (Å²) >= 11 is 0. The van der Waals surface area contributed by atoms with E-state index in [9.17, 15) is 4.79 Å². The van der Waals surface area contributed by atoms with Crippen LogP contribution in [0.25, 0.3) is 0 Å². The highest BCUT2D eigenvalue weighted by Gasteiger charge is 2.44. The first-order valence-electron chi connectivity index (χ1n) is 6.21. The molecule has 0 spiro atoms. The molecule has 1 fully saturated rings. The van der Waals surface area contributed by atoms with Crippen molar-refractivity contribution in [3.05, 3.63) is 0 Å². The fourth-order valence-corrected chi connectivity index (χ4v) is 2.35. The molecule has 0 aliphatic carbocycles. The zero-order chi connectivity index (χ0) is 12.3. The maximum Gasteiger partial charge on any atom is 0.156 e. The Morgan fingerprint density at radius 2 is 1.69 bits per heavy atom. The van der Waals surface area contributed by atoms with Crippen LogP contribution in [0.2, 0.25) is 0 Å². The molecule has 0 aromatic carbocycles. The molecule has 0 aromatic rings. The molecule has 0 N–H and O–H groups in total. The zero-order valence-corrected chi connectivity index (χ0v) is 11.2. The minimum absolute atomic E-state index is 0.125. The lowest BCUT2D eigenvalue weighted by atomic mass is 9.76. The molecule has 94 valence electrons. The number of nitrogens with zero attached hydrogens (tertiary/aromatic N) is 1. The third-order valence-corrected chi connectivity index (χ3v) is 4.05. The van der Waals surface area contributed by atoms with Crippen molar-refractivity contribution >= 4 is 5.78 Å². The monoisotopic (exact) mass is 227 g/mol.